The number of hydrogen-bond donors (Lipinski definition) is 1. The van der Waals surface area contributed by atoms with Crippen molar-refractivity contribution >= 4 is 34.1 Å². The zero-order chi connectivity index (χ0) is 24.1. The standard InChI is InChI=1S/C22H21N7O5S/c1-13-4-8-15(9-5-13)34-35(31)33-12-10-27-19-17(28(22(27)30)14-6-7-14)20-24-18(16-3-2-11-32-16)26-29(20)21(23)25-19/h2-5,8-9,11,14H,6-7,10,12H2,1H3,(H2,23,25). The number of nitrogens with two attached hydrogens (primary N) is 1. The molecule has 1 atom stereocenters. The number of nitrogens with zero attached hydrogens (tertiary/aromatic N) is 6. The second-order valence-electron chi connectivity index (χ2n) is 8.25. The number of hydrogen-bond acceptors (Lipinski definition) is 9. The van der Waals surface area contributed by atoms with E-state index in [1.165, 1.54) is 15.3 Å². The number of aryl methyl sites for hydroxylation is 1. The molecule has 4 aromatic heterocycles. The molecule has 0 spiro atoms. The molecule has 13 heteroatoms. The molecule has 35 heavy (non-hydrogen) atoms. The van der Waals surface area contributed by atoms with Gasteiger partial charge in [0.15, 0.2) is 17.1 Å². The number of anilines is 1. The molecule has 1 aliphatic carbocycles. The van der Waals surface area contributed by atoms with Crippen LogP contribution in [0.1, 0.15) is 24.4 Å². The number of fused-ring (bicyclic) bond motifs is 3. The molecule has 2 N–H and O–H groups in total. The lowest BCUT2D eigenvalue weighted by atomic mass is 10.2. The summed E-state index contributed by atoms with van der Waals surface area (Å²) in [6.45, 7) is 2.00. The van der Waals surface area contributed by atoms with Gasteiger partial charge in [-0.05, 0) is 44.0 Å². The summed E-state index contributed by atoms with van der Waals surface area (Å²) >= 11 is -2.03. The van der Waals surface area contributed by atoms with E-state index < -0.39 is 11.4 Å². The van der Waals surface area contributed by atoms with Gasteiger partial charge < -0.3 is 14.3 Å². The summed E-state index contributed by atoms with van der Waals surface area (Å²) in [6, 6.07) is 10.6. The van der Waals surface area contributed by atoms with Crippen molar-refractivity contribution in [3.63, 3.8) is 0 Å². The molecule has 1 fully saturated rings. The Morgan fingerprint density at radius 2 is 1.97 bits per heavy atom. The van der Waals surface area contributed by atoms with Gasteiger partial charge >= 0.3 is 17.1 Å². The van der Waals surface area contributed by atoms with Gasteiger partial charge in [-0.1, -0.05) is 17.7 Å². The lowest BCUT2D eigenvalue weighted by molar-refractivity contribution is 0.293. The largest absolute Gasteiger partial charge is 0.461 e. The zero-order valence-corrected chi connectivity index (χ0v) is 19.5. The number of nitrogen functional groups attached to an aromatic ring is 1. The first-order valence-electron chi connectivity index (χ1n) is 11.0. The van der Waals surface area contributed by atoms with Crippen LogP contribution in [0.25, 0.3) is 28.4 Å². The van der Waals surface area contributed by atoms with Gasteiger partial charge in [-0.15, -0.1) is 5.10 Å². The third-order valence-corrected chi connectivity index (χ3v) is 6.42. The smallest absolute Gasteiger partial charge is 0.360 e. The molecule has 1 aromatic carbocycles. The number of aromatic nitrogens is 6. The summed E-state index contributed by atoms with van der Waals surface area (Å²) in [5.41, 5.74) is 8.27. The van der Waals surface area contributed by atoms with Crippen LogP contribution in [0.2, 0.25) is 0 Å². The summed E-state index contributed by atoms with van der Waals surface area (Å²) in [6.07, 6.45) is 3.28. The first kappa shape index (κ1) is 21.6. The lowest BCUT2D eigenvalue weighted by Gasteiger charge is -2.06. The van der Waals surface area contributed by atoms with Gasteiger partial charge in [0.1, 0.15) is 11.3 Å². The highest BCUT2D eigenvalue weighted by Gasteiger charge is 2.32. The predicted octanol–water partition coefficient (Wildman–Crippen LogP) is 2.40. The quantitative estimate of drug-likeness (QED) is 0.343. The molecule has 0 aliphatic heterocycles. The van der Waals surface area contributed by atoms with Crippen molar-refractivity contribution in [2.75, 3.05) is 12.3 Å². The van der Waals surface area contributed by atoms with E-state index in [1.807, 2.05) is 19.1 Å². The number of benzene rings is 1. The molecule has 6 rings (SSSR count). The van der Waals surface area contributed by atoms with Gasteiger partial charge in [-0.3, -0.25) is 13.3 Å². The average molecular weight is 496 g/mol. The van der Waals surface area contributed by atoms with Crippen molar-refractivity contribution in [1.29, 1.82) is 0 Å². The lowest BCUT2D eigenvalue weighted by Crippen LogP contribution is -2.26. The van der Waals surface area contributed by atoms with E-state index in [9.17, 15) is 9.00 Å². The van der Waals surface area contributed by atoms with Crippen LogP contribution in [0, 0.1) is 6.92 Å². The Labute approximate surface area is 200 Å². The fourth-order valence-electron chi connectivity index (χ4n) is 3.93. The normalized spacial score (nSPS) is 14.7. The molecule has 1 unspecified atom stereocenters. The number of imidazole rings is 1. The highest BCUT2D eigenvalue weighted by Crippen LogP contribution is 2.37. The van der Waals surface area contributed by atoms with Gasteiger partial charge in [0.05, 0.1) is 19.4 Å². The molecule has 1 saturated carbocycles. The molecule has 12 nitrogen and oxygen atoms in total. The third kappa shape index (κ3) is 3.88. The minimum absolute atomic E-state index is 0.0424. The Morgan fingerprint density at radius 3 is 2.69 bits per heavy atom. The second kappa shape index (κ2) is 8.36. The van der Waals surface area contributed by atoms with Crippen molar-refractivity contribution in [2.45, 2.75) is 32.4 Å². The first-order chi connectivity index (χ1) is 17.0. The monoisotopic (exact) mass is 495 g/mol. The van der Waals surface area contributed by atoms with Crippen molar-refractivity contribution < 1.29 is 17.0 Å². The molecular formula is C22H21N7O5S. The van der Waals surface area contributed by atoms with Gasteiger partial charge in [0, 0.05) is 6.04 Å². The summed E-state index contributed by atoms with van der Waals surface area (Å²) in [5, 5.41) is 4.41. The van der Waals surface area contributed by atoms with Crippen LogP contribution in [0.15, 0.2) is 51.9 Å². The number of furan rings is 1. The Hall–Kier alpha value is -3.97. The molecular weight excluding hydrogens is 474 g/mol. The Balaban J connectivity index is 1.32. The Morgan fingerprint density at radius 1 is 1.17 bits per heavy atom. The van der Waals surface area contributed by atoms with Crippen molar-refractivity contribution in [3.8, 4) is 17.3 Å². The zero-order valence-electron chi connectivity index (χ0n) is 18.7. The van der Waals surface area contributed by atoms with E-state index in [-0.39, 0.29) is 30.8 Å². The molecule has 5 aromatic rings. The van der Waals surface area contributed by atoms with E-state index >= 15 is 0 Å². The summed E-state index contributed by atoms with van der Waals surface area (Å²) < 4.78 is 32.8. The molecule has 0 saturated heterocycles. The van der Waals surface area contributed by atoms with E-state index in [4.69, 9.17) is 18.5 Å². The maximum atomic E-state index is 13.4. The Bertz CT molecular complexity index is 1610. The fourth-order valence-corrected chi connectivity index (χ4v) is 4.46. The summed E-state index contributed by atoms with van der Waals surface area (Å²) in [7, 11) is 0. The van der Waals surface area contributed by atoms with E-state index in [0.29, 0.717) is 34.1 Å². The van der Waals surface area contributed by atoms with Gasteiger partial charge in [0.2, 0.25) is 11.8 Å². The first-order valence-corrected chi connectivity index (χ1v) is 12.0. The molecule has 4 heterocycles. The molecule has 180 valence electrons. The summed E-state index contributed by atoms with van der Waals surface area (Å²) in [5.74, 6) is 1.31. The molecule has 0 radical (unpaired) electrons. The maximum Gasteiger partial charge on any atom is 0.360 e. The van der Waals surface area contributed by atoms with Crippen LogP contribution in [-0.2, 0) is 22.1 Å². The van der Waals surface area contributed by atoms with Crippen LogP contribution in [0.4, 0.5) is 5.95 Å². The topological polar surface area (TPSA) is 145 Å². The molecule has 0 amide bonds. The fraction of sp³-hybridized carbons (Fsp3) is 0.273. The van der Waals surface area contributed by atoms with Crippen LogP contribution in [0.5, 0.6) is 5.75 Å². The number of rotatable bonds is 8. The second-order valence-corrected chi connectivity index (χ2v) is 9.06. The van der Waals surface area contributed by atoms with Crippen LogP contribution in [0.3, 0.4) is 0 Å². The van der Waals surface area contributed by atoms with Crippen LogP contribution in [-0.4, -0.2) is 39.5 Å². The Kier molecular flexibility index (Phi) is 5.15. The van der Waals surface area contributed by atoms with E-state index in [0.717, 1.165) is 18.4 Å². The molecule has 0 bridgehead atoms. The van der Waals surface area contributed by atoms with Crippen molar-refractivity contribution in [1.82, 2.24) is 28.7 Å². The van der Waals surface area contributed by atoms with Crippen molar-refractivity contribution in [3.05, 3.63) is 58.7 Å². The predicted molar refractivity (Wildman–Crippen MR) is 127 cm³/mol. The molecule has 1 aliphatic rings. The minimum atomic E-state index is -2.03. The van der Waals surface area contributed by atoms with Gasteiger partial charge in [0.25, 0.3) is 0 Å². The van der Waals surface area contributed by atoms with E-state index in [1.54, 1.807) is 28.8 Å². The van der Waals surface area contributed by atoms with Crippen LogP contribution >= 0.6 is 0 Å². The van der Waals surface area contributed by atoms with Gasteiger partial charge in [-0.25, -0.2) is 9.78 Å². The van der Waals surface area contributed by atoms with Gasteiger partial charge in [-0.2, -0.15) is 13.7 Å². The minimum Gasteiger partial charge on any atom is -0.461 e. The van der Waals surface area contributed by atoms with Crippen LogP contribution < -0.4 is 15.6 Å². The highest BCUT2D eigenvalue weighted by atomic mass is 32.2. The SMILES string of the molecule is Cc1ccc(OS(=O)OCCn2c(=O)n(C3CC3)c3c2nc(N)n2nc(-c4ccco4)nc32)cc1. The highest BCUT2D eigenvalue weighted by molar-refractivity contribution is 7.75. The maximum absolute atomic E-state index is 13.4. The van der Waals surface area contributed by atoms with E-state index in [2.05, 4.69) is 15.1 Å². The summed E-state index contributed by atoms with van der Waals surface area (Å²) in [4.78, 5) is 22.4. The third-order valence-electron chi connectivity index (χ3n) is 5.74. The van der Waals surface area contributed by atoms with Crippen molar-refractivity contribution in [2.24, 2.45) is 0 Å². The average Bonchev–Trinajstić information content (AvgIpc) is 3.24.